The molecule has 26 heavy (non-hydrogen) atoms. The number of carbonyl (C=O) groups excluding carboxylic acids is 1. The maximum Gasteiger partial charge on any atom is 0.332 e. The molecular weight excluding hydrogens is 378 g/mol. The first-order valence-corrected chi connectivity index (χ1v) is 8.80. The van der Waals surface area contributed by atoms with Gasteiger partial charge in [-0.05, 0) is 24.3 Å². The molecule has 1 aromatic carbocycles. The van der Waals surface area contributed by atoms with Crippen LogP contribution in [-0.2, 0) is 18.9 Å². The van der Waals surface area contributed by atoms with Crippen LogP contribution in [0.25, 0.3) is 22.4 Å². The Morgan fingerprint density at radius 3 is 2.42 bits per heavy atom. The number of primary amides is 1. The summed E-state index contributed by atoms with van der Waals surface area (Å²) < 4.78 is 2.24. The number of thioether (sulfide) groups is 1. The van der Waals surface area contributed by atoms with Crippen molar-refractivity contribution in [2.75, 3.05) is 5.75 Å². The number of benzene rings is 1. The largest absolute Gasteiger partial charge is 0.369 e. The number of nitrogens with zero attached hydrogens (tertiary/aromatic N) is 4. The molecule has 1 amide bonds. The lowest BCUT2D eigenvalue weighted by Crippen LogP contribution is -2.37. The number of fused-ring (bicyclic) bond motifs is 1. The average molecular weight is 392 g/mol. The van der Waals surface area contributed by atoms with Gasteiger partial charge < -0.3 is 5.73 Å². The first-order valence-electron chi connectivity index (χ1n) is 7.44. The number of halogens is 1. The topological polar surface area (TPSA) is 113 Å². The average Bonchev–Trinajstić information content (AvgIpc) is 2.62. The zero-order valence-corrected chi connectivity index (χ0v) is 15.5. The summed E-state index contributed by atoms with van der Waals surface area (Å²) in [7, 11) is 2.89. The molecule has 0 saturated heterocycles. The van der Waals surface area contributed by atoms with E-state index in [4.69, 9.17) is 17.3 Å². The van der Waals surface area contributed by atoms with Gasteiger partial charge in [-0.2, -0.15) is 0 Å². The maximum atomic E-state index is 12.6. The van der Waals surface area contributed by atoms with Gasteiger partial charge in [-0.1, -0.05) is 23.4 Å². The molecule has 0 bridgehead atoms. The standard InChI is InChI=1S/C16H14ClN5O3S/c1-21-13-11(15(24)22(2)16(21)25)14(26-7-10(18)23)20-12(19-13)8-3-5-9(17)6-4-8/h3-6H,7H2,1-2H3,(H2,18,23). The molecule has 10 heteroatoms. The fourth-order valence-corrected chi connectivity index (χ4v) is 3.28. The molecule has 0 aliphatic rings. The number of hydrogen-bond acceptors (Lipinski definition) is 6. The van der Waals surface area contributed by atoms with Crippen molar-refractivity contribution < 1.29 is 4.79 Å². The van der Waals surface area contributed by atoms with E-state index in [2.05, 4.69) is 9.97 Å². The van der Waals surface area contributed by atoms with Crippen molar-refractivity contribution in [3.05, 3.63) is 50.1 Å². The Balaban J connectivity index is 2.35. The minimum atomic E-state index is -0.545. The molecule has 0 aliphatic heterocycles. The molecule has 0 fully saturated rings. The Morgan fingerprint density at radius 2 is 1.81 bits per heavy atom. The molecular formula is C16H14ClN5O3S. The van der Waals surface area contributed by atoms with Gasteiger partial charge in [-0.15, -0.1) is 0 Å². The summed E-state index contributed by atoms with van der Waals surface area (Å²) in [5.74, 6) is -0.293. The highest BCUT2D eigenvalue weighted by Gasteiger charge is 2.18. The van der Waals surface area contributed by atoms with E-state index in [-0.39, 0.29) is 21.8 Å². The van der Waals surface area contributed by atoms with Crippen LogP contribution in [0, 0.1) is 0 Å². The Morgan fingerprint density at radius 1 is 1.15 bits per heavy atom. The second-order valence-corrected chi connectivity index (χ2v) is 6.92. The van der Waals surface area contributed by atoms with Gasteiger partial charge in [0, 0.05) is 24.7 Å². The first kappa shape index (κ1) is 18.2. The number of amides is 1. The maximum absolute atomic E-state index is 12.6. The second kappa shape index (κ2) is 6.93. The molecule has 0 radical (unpaired) electrons. The van der Waals surface area contributed by atoms with Crippen LogP contribution < -0.4 is 17.0 Å². The summed E-state index contributed by atoms with van der Waals surface area (Å²) >= 11 is 6.94. The normalized spacial score (nSPS) is 11.0. The number of aryl methyl sites for hydroxylation is 1. The van der Waals surface area contributed by atoms with E-state index in [0.717, 1.165) is 16.3 Å². The van der Waals surface area contributed by atoms with Gasteiger partial charge in [0.2, 0.25) is 5.91 Å². The molecule has 2 heterocycles. The van der Waals surface area contributed by atoms with Crippen LogP contribution in [0.15, 0.2) is 38.9 Å². The van der Waals surface area contributed by atoms with Crippen molar-refractivity contribution in [1.29, 1.82) is 0 Å². The lowest BCUT2D eigenvalue weighted by atomic mass is 10.2. The van der Waals surface area contributed by atoms with Crippen LogP contribution in [0.3, 0.4) is 0 Å². The van der Waals surface area contributed by atoms with Crippen LogP contribution in [0.1, 0.15) is 0 Å². The quantitative estimate of drug-likeness (QED) is 0.522. The number of hydrogen-bond donors (Lipinski definition) is 1. The summed E-state index contributed by atoms with van der Waals surface area (Å²) in [4.78, 5) is 44.8. The van der Waals surface area contributed by atoms with E-state index in [1.165, 1.54) is 18.7 Å². The minimum Gasteiger partial charge on any atom is -0.369 e. The third-order valence-electron chi connectivity index (χ3n) is 3.72. The van der Waals surface area contributed by atoms with Gasteiger partial charge >= 0.3 is 5.69 Å². The third-order valence-corrected chi connectivity index (χ3v) is 4.97. The van der Waals surface area contributed by atoms with E-state index in [9.17, 15) is 14.4 Å². The fourth-order valence-electron chi connectivity index (χ4n) is 2.40. The highest BCUT2D eigenvalue weighted by molar-refractivity contribution is 8.00. The van der Waals surface area contributed by atoms with Crippen LogP contribution in [0.4, 0.5) is 0 Å². The van der Waals surface area contributed by atoms with E-state index < -0.39 is 17.2 Å². The predicted octanol–water partition coefficient (Wildman–Crippen LogP) is 0.925. The summed E-state index contributed by atoms with van der Waals surface area (Å²) in [5.41, 5.74) is 5.02. The molecule has 134 valence electrons. The van der Waals surface area contributed by atoms with Gasteiger partial charge in [-0.3, -0.25) is 18.7 Å². The van der Waals surface area contributed by atoms with E-state index in [1.807, 2.05) is 0 Å². The molecule has 3 rings (SSSR count). The monoisotopic (exact) mass is 391 g/mol. The SMILES string of the molecule is Cn1c(=O)c2c(SCC(N)=O)nc(-c3ccc(Cl)cc3)nc2n(C)c1=O. The minimum absolute atomic E-state index is 0.0574. The lowest BCUT2D eigenvalue weighted by molar-refractivity contribution is -0.115. The van der Waals surface area contributed by atoms with Crippen molar-refractivity contribution >= 4 is 40.3 Å². The van der Waals surface area contributed by atoms with Crippen molar-refractivity contribution in [2.45, 2.75) is 5.03 Å². The van der Waals surface area contributed by atoms with Gasteiger partial charge in [0.25, 0.3) is 5.56 Å². The van der Waals surface area contributed by atoms with Gasteiger partial charge in [-0.25, -0.2) is 14.8 Å². The van der Waals surface area contributed by atoms with Crippen molar-refractivity contribution in [1.82, 2.24) is 19.1 Å². The van der Waals surface area contributed by atoms with Crippen LogP contribution in [-0.4, -0.2) is 30.8 Å². The fraction of sp³-hybridized carbons (Fsp3) is 0.188. The van der Waals surface area contributed by atoms with Gasteiger partial charge in [0.15, 0.2) is 11.5 Å². The Kier molecular flexibility index (Phi) is 4.84. The molecule has 8 nitrogen and oxygen atoms in total. The molecule has 2 aromatic heterocycles. The molecule has 2 N–H and O–H groups in total. The van der Waals surface area contributed by atoms with Crippen LogP contribution in [0.5, 0.6) is 0 Å². The van der Waals surface area contributed by atoms with Crippen molar-refractivity contribution in [3.63, 3.8) is 0 Å². The highest BCUT2D eigenvalue weighted by Crippen LogP contribution is 2.26. The number of carbonyl (C=O) groups is 1. The predicted molar refractivity (Wildman–Crippen MR) is 100 cm³/mol. The Hall–Kier alpha value is -2.65. The number of nitrogens with two attached hydrogens (primary N) is 1. The summed E-state index contributed by atoms with van der Waals surface area (Å²) in [6.45, 7) is 0. The molecule has 0 atom stereocenters. The summed E-state index contributed by atoms with van der Waals surface area (Å²) in [6.07, 6.45) is 0. The zero-order valence-electron chi connectivity index (χ0n) is 13.9. The van der Waals surface area contributed by atoms with Gasteiger partial charge in [0.1, 0.15) is 10.4 Å². The zero-order chi connectivity index (χ0) is 19.0. The summed E-state index contributed by atoms with van der Waals surface area (Å²) in [6, 6.07) is 6.82. The van der Waals surface area contributed by atoms with Crippen LogP contribution in [0.2, 0.25) is 5.02 Å². The van der Waals surface area contributed by atoms with Crippen LogP contribution >= 0.6 is 23.4 Å². The van der Waals surface area contributed by atoms with Crippen molar-refractivity contribution in [2.24, 2.45) is 19.8 Å². The first-order chi connectivity index (χ1) is 12.3. The van der Waals surface area contributed by atoms with E-state index >= 15 is 0 Å². The number of rotatable bonds is 4. The summed E-state index contributed by atoms with van der Waals surface area (Å²) in [5, 5.41) is 1.01. The molecule has 0 saturated carbocycles. The molecule has 0 spiro atoms. The van der Waals surface area contributed by atoms with Crippen molar-refractivity contribution in [3.8, 4) is 11.4 Å². The van der Waals surface area contributed by atoms with E-state index in [1.54, 1.807) is 24.3 Å². The molecule has 0 unspecified atom stereocenters. The Bertz CT molecular complexity index is 1140. The molecule has 0 aliphatic carbocycles. The lowest BCUT2D eigenvalue weighted by Gasteiger charge is -2.11. The number of aromatic nitrogens is 4. The van der Waals surface area contributed by atoms with E-state index in [0.29, 0.717) is 16.4 Å². The Labute approximate surface area is 156 Å². The highest BCUT2D eigenvalue weighted by atomic mass is 35.5. The molecule has 3 aromatic rings. The third kappa shape index (κ3) is 3.23. The van der Waals surface area contributed by atoms with Gasteiger partial charge in [0.05, 0.1) is 5.75 Å². The smallest absolute Gasteiger partial charge is 0.332 e. The second-order valence-electron chi connectivity index (χ2n) is 5.52.